The van der Waals surface area contributed by atoms with Crippen molar-refractivity contribution in [1.82, 2.24) is 5.32 Å². The quantitative estimate of drug-likeness (QED) is 0.905. The maximum absolute atomic E-state index is 12.3. The molecule has 5 nitrogen and oxygen atoms in total. The topological polar surface area (TPSA) is 56.8 Å². The van der Waals surface area contributed by atoms with Crippen LogP contribution in [-0.2, 0) is 6.42 Å². The third-order valence-electron chi connectivity index (χ3n) is 3.25. The summed E-state index contributed by atoms with van der Waals surface area (Å²) in [4.78, 5) is 12.3. The molecule has 0 aromatic heterocycles. The van der Waals surface area contributed by atoms with Gasteiger partial charge in [0.1, 0.15) is 5.75 Å². The van der Waals surface area contributed by atoms with E-state index in [1.165, 1.54) is 14.2 Å². The lowest BCUT2D eigenvalue weighted by molar-refractivity contribution is 0.0891. The fourth-order valence-corrected chi connectivity index (χ4v) is 2.46. The third kappa shape index (κ3) is 2.20. The van der Waals surface area contributed by atoms with Crippen molar-refractivity contribution >= 4 is 5.91 Å². The molecule has 0 aliphatic carbocycles. The van der Waals surface area contributed by atoms with Crippen LogP contribution < -0.4 is 19.5 Å². The first-order valence-electron chi connectivity index (χ1n) is 6.08. The van der Waals surface area contributed by atoms with E-state index in [9.17, 15) is 4.79 Å². The number of amides is 1. The van der Waals surface area contributed by atoms with Crippen LogP contribution in [0.25, 0.3) is 0 Å². The van der Waals surface area contributed by atoms with E-state index in [-0.39, 0.29) is 11.4 Å². The van der Waals surface area contributed by atoms with Gasteiger partial charge in [0.05, 0.1) is 26.9 Å². The van der Waals surface area contributed by atoms with Gasteiger partial charge < -0.3 is 19.5 Å². The van der Waals surface area contributed by atoms with Gasteiger partial charge in [0.25, 0.3) is 5.91 Å². The molecule has 1 aliphatic rings. The minimum Gasteiger partial charge on any atom is -0.496 e. The molecule has 0 bridgehead atoms. The smallest absolute Gasteiger partial charge is 0.256 e. The number of hydrogen-bond acceptors (Lipinski definition) is 4. The Morgan fingerprint density at radius 1 is 1.11 bits per heavy atom. The molecule has 2 rings (SSSR count). The van der Waals surface area contributed by atoms with Gasteiger partial charge in [0.15, 0.2) is 11.5 Å². The van der Waals surface area contributed by atoms with E-state index in [0.29, 0.717) is 29.2 Å². The van der Waals surface area contributed by atoms with Crippen LogP contribution in [0.3, 0.4) is 0 Å². The first-order chi connectivity index (χ1) is 8.93. The molecule has 0 radical (unpaired) electrons. The Balaban J connectivity index is 2.72. The standard InChI is InChI=1S/C14H19NO4/c1-14(2)7-8-9(17-3)6-10(18-4)12(19-5)11(8)13(16)15-14/h6H,7H2,1-5H3,(H,15,16). The largest absolute Gasteiger partial charge is 0.496 e. The van der Waals surface area contributed by atoms with E-state index in [1.807, 2.05) is 13.8 Å². The van der Waals surface area contributed by atoms with E-state index < -0.39 is 0 Å². The summed E-state index contributed by atoms with van der Waals surface area (Å²) in [5.74, 6) is 1.43. The summed E-state index contributed by atoms with van der Waals surface area (Å²) in [6.45, 7) is 3.95. The lowest BCUT2D eigenvalue weighted by Gasteiger charge is -2.34. The molecule has 1 aromatic rings. The highest BCUT2D eigenvalue weighted by atomic mass is 16.5. The summed E-state index contributed by atoms with van der Waals surface area (Å²) in [7, 11) is 4.65. The second kappa shape index (κ2) is 4.64. The average Bonchev–Trinajstić information content (AvgIpc) is 2.35. The molecule has 0 spiro atoms. The Labute approximate surface area is 112 Å². The zero-order valence-electron chi connectivity index (χ0n) is 11.9. The van der Waals surface area contributed by atoms with Crippen molar-refractivity contribution in [3.63, 3.8) is 0 Å². The van der Waals surface area contributed by atoms with Gasteiger partial charge in [-0.3, -0.25) is 4.79 Å². The number of nitrogens with one attached hydrogen (secondary N) is 1. The lowest BCUT2D eigenvalue weighted by atomic mass is 9.86. The fourth-order valence-electron chi connectivity index (χ4n) is 2.46. The van der Waals surface area contributed by atoms with Crippen molar-refractivity contribution < 1.29 is 19.0 Å². The average molecular weight is 265 g/mol. The van der Waals surface area contributed by atoms with Crippen LogP contribution in [-0.4, -0.2) is 32.8 Å². The number of methoxy groups -OCH3 is 3. The molecule has 104 valence electrons. The Morgan fingerprint density at radius 3 is 2.26 bits per heavy atom. The Hall–Kier alpha value is -1.91. The van der Waals surface area contributed by atoms with Gasteiger partial charge in [-0.05, 0) is 20.3 Å². The van der Waals surface area contributed by atoms with E-state index in [4.69, 9.17) is 14.2 Å². The van der Waals surface area contributed by atoms with Crippen LogP contribution in [0.5, 0.6) is 17.2 Å². The van der Waals surface area contributed by atoms with Gasteiger partial charge in [-0.15, -0.1) is 0 Å². The summed E-state index contributed by atoms with van der Waals surface area (Å²) in [5, 5.41) is 2.96. The van der Waals surface area contributed by atoms with Crippen LogP contribution in [0.15, 0.2) is 6.07 Å². The predicted octanol–water partition coefficient (Wildman–Crippen LogP) is 1.78. The van der Waals surface area contributed by atoms with Gasteiger partial charge in [-0.2, -0.15) is 0 Å². The maximum Gasteiger partial charge on any atom is 0.256 e. The number of carbonyl (C=O) groups excluding carboxylic acids is 1. The van der Waals surface area contributed by atoms with Crippen LogP contribution in [0.1, 0.15) is 29.8 Å². The summed E-state index contributed by atoms with van der Waals surface area (Å²) >= 11 is 0. The number of benzene rings is 1. The van der Waals surface area contributed by atoms with Crippen molar-refractivity contribution in [2.75, 3.05) is 21.3 Å². The normalized spacial score (nSPS) is 16.4. The van der Waals surface area contributed by atoms with E-state index in [2.05, 4.69) is 5.32 Å². The summed E-state index contributed by atoms with van der Waals surface area (Å²) in [6.07, 6.45) is 0.678. The fraction of sp³-hybridized carbons (Fsp3) is 0.500. The van der Waals surface area contributed by atoms with Gasteiger partial charge >= 0.3 is 0 Å². The zero-order valence-corrected chi connectivity index (χ0v) is 11.9. The number of fused-ring (bicyclic) bond motifs is 1. The highest BCUT2D eigenvalue weighted by Crippen LogP contribution is 2.42. The summed E-state index contributed by atoms with van der Waals surface area (Å²) < 4.78 is 16.0. The highest BCUT2D eigenvalue weighted by Gasteiger charge is 2.36. The predicted molar refractivity (Wildman–Crippen MR) is 71.3 cm³/mol. The molecule has 1 aromatic carbocycles. The van der Waals surface area contributed by atoms with Crippen LogP contribution in [0.2, 0.25) is 0 Å². The van der Waals surface area contributed by atoms with Crippen molar-refractivity contribution in [2.24, 2.45) is 0 Å². The first-order valence-corrected chi connectivity index (χ1v) is 6.08. The third-order valence-corrected chi connectivity index (χ3v) is 3.25. The Kier molecular flexibility index (Phi) is 3.30. The molecule has 1 aliphatic heterocycles. The van der Waals surface area contributed by atoms with Crippen molar-refractivity contribution in [1.29, 1.82) is 0 Å². The Morgan fingerprint density at radius 2 is 1.74 bits per heavy atom. The number of hydrogen-bond donors (Lipinski definition) is 1. The SMILES string of the molecule is COc1cc(OC)c(OC)c2c1CC(C)(C)NC2=O. The number of carbonyl (C=O) groups is 1. The minimum absolute atomic E-state index is 0.166. The van der Waals surface area contributed by atoms with Gasteiger partial charge in [0.2, 0.25) is 0 Å². The molecule has 0 saturated heterocycles. The lowest BCUT2D eigenvalue weighted by Crippen LogP contribution is -2.49. The molecule has 19 heavy (non-hydrogen) atoms. The van der Waals surface area contributed by atoms with Gasteiger partial charge in [-0.25, -0.2) is 0 Å². The summed E-state index contributed by atoms with van der Waals surface area (Å²) in [5.41, 5.74) is 1.05. The molecule has 0 unspecified atom stereocenters. The zero-order chi connectivity index (χ0) is 14.2. The molecule has 1 amide bonds. The monoisotopic (exact) mass is 265 g/mol. The van der Waals surface area contributed by atoms with Crippen LogP contribution in [0, 0.1) is 0 Å². The number of ether oxygens (including phenoxy) is 3. The van der Waals surface area contributed by atoms with Crippen molar-refractivity contribution in [2.45, 2.75) is 25.8 Å². The molecule has 0 fully saturated rings. The second-order valence-corrected chi connectivity index (χ2v) is 5.18. The Bertz CT molecular complexity index is 523. The molecule has 1 N–H and O–H groups in total. The second-order valence-electron chi connectivity index (χ2n) is 5.18. The van der Waals surface area contributed by atoms with E-state index >= 15 is 0 Å². The summed E-state index contributed by atoms with van der Waals surface area (Å²) in [6, 6.07) is 1.76. The minimum atomic E-state index is -0.309. The molecular formula is C14H19NO4. The molecular weight excluding hydrogens is 246 g/mol. The molecule has 0 atom stereocenters. The molecule has 0 saturated carbocycles. The van der Waals surface area contributed by atoms with Crippen LogP contribution in [0.4, 0.5) is 0 Å². The molecule has 5 heteroatoms. The van der Waals surface area contributed by atoms with Crippen LogP contribution >= 0.6 is 0 Å². The van der Waals surface area contributed by atoms with Crippen molar-refractivity contribution in [3.05, 3.63) is 17.2 Å². The van der Waals surface area contributed by atoms with E-state index in [1.54, 1.807) is 13.2 Å². The van der Waals surface area contributed by atoms with Crippen molar-refractivity contribution in [3.8, 4) is 17.2 Å². The van der Waals surface area contributed by atoms with Gasteiger partial charge in [-0.1, -0.05) is 0 Å². The van der Waals surface area contributed by atoms with E-state index in [0.717, 1.165) is 5.56 Å². The highest BCUT2D eigenvalue weighted by molar-refractivity contribution is 6.01. The maximum atomic E-state index is 12.3. The van der Waals surface area contributed by atoms with Gasteiger partial charge in [0, 0.05) is 17.2 Å². The molecule has 1 heterocycles. The first kappa shape index (κ1) is 13.5. The number of rotatable bonds is 3.